The molecule has 3 atom stereocenters. The summed E-state index contributed by atoms with van der Waals surface area (Å²) in [5, 5.41) is 22.2. The van der Waals surface area contributed by atoms with Crippen molar-refractivity contribution in [2.75, 3.05) is 7.11 Å². The van der Waals surface area contributed by atoms with Gasteiger partial charge in [-0.15, -0.1) is 0 Å². The van der Waals surface area contributed by atoms with E-state index in [0.717, 1.165) is 19.3 Å². The van der Waals surface area contributed by atoms with Gasteiger partial charge in [-0.2, -0.15) is 10.2 Å². The van der Waals surface area contributed by atoms with E-state index in [1.54, 1.807) is 7.11 Å². The molecule has 3 unspecified atom stereocenters. The van der Waals surface area contributed by atoms with Crippen molar-refractivity contribution in [3.8, 4) is 6.07 Å². The Morgan fingerprint density at radius 3 is 3.10 bits per heavy atom. The molecule has 1 saturated carbocycles. The Balaban J connectivity index is 2.12. The molecular formula is C14H21N3O3. The van der Waals surface area contributed by atoms with Crippen molar-refractivity contribution in [1.29, 1.82) is 5.26 Å². The molecular weight excluding hydrogens is 258 g/mol. The topological polar surface area (TPSA) is 92.2 Å². The molecule has 0 aromatic carbocycles. The molecule has 2 rings (SSSR count). The number of aromatic nitrogens is 2. The number of hydrogen-bond donors (Lipinski definition) is 1. The average Bonchev–Trinajstić information content (AvgIpc) is 2.88. The fourth-order valence-electron chi connectivity index (χ4n) is 2.88. The minimum atomic E-state index is -0.767. The van der Waals surface area contributed by atoms with E-state index in [1.807, 2.05) is 6.07 Å². The summed E-state index contributed by atoms with van der Waals surface area (Å²) in [6, 6.07) is 1.92. The molecule has 1 fully saturated rings. The van der Waals surface area contributed by atoms with E-state index in [0.29, 0.717) is 17.6 Å². The first-order chi connectivity index (χ1) is 9.59. The standard InChI is InChI=1S/C14H21N3O3/c1-10-4-3-6-14(9-10,19-2)13-16-12(20-17-13)8-11(18)5-7-15/h10-11,18H,3-6,8-9H2,1-2H3. The molecule has 1 aromatic heterocycles. The summed E-state index contributed by atoms with van der Waals surface area (Å²) in [7, 11) is 1.68. The molecule has 6 nitrogen and oxygen atoms in total. The zero-order valence-corrected chi connectivity index (χ0v) is 12.0. The minimum Gasteiger partial charge on any atom is -0.392 e. The first-order valence-electron chi connectivity index (χ1n) is 7.03. The van der Waals surface area contributed by atoms with Crippen molar-refractivity contribution in [3.05, 3.63) is 11.7 Å². The zero-order chi connectivity index (χ0) is 14.6. The van der Waals surface area contributed by atoms with E-state index in [9.17, 15) is 5.11 Å². The van der Waals surface area contributed by atoms with Crippen LogP contribution in [0.2, 0.25) is 0 Å². The highest BCUT2D eigenvalue weighted by Crippen LogP contribution is 2.41. The predicted molar refractivity (Wildman–Crippen MR) is 70.6 cm³/mol. The van der Waals surface area contributed by atoms with Crippen LogP contribution in [-0.4, -0.2) is 28.5 Å². The lowest BCUT2D eigenvalue weighted by Gasteiger charge is -2.36. The summed E-state index contributed by atoms with van der Waals surface area (Å²) in [6.07, 6.45) is 3.53. The first kappa shape index (κ1) is 14.9. The monoisotopic (exact) mass is 279 g/mol. The van der Waals surface area contributed by atoms with Crippen molar-refractivity contribution in [3.63, 3.8) is 0 Å². The summed E-state index contributed by atoms with van der Waals surface area (Å²) in [5.41, 5.74) is -0.473. The quantitative estimate of drug-likeness (QED) is 0.885. The molecule has 0 amide bonds. The number of methoxy groups -OCH3 is 1. The molecule has 0 radical (unpaired) electrons. The molecule has 1 N–H and O–H groups in total. The second-order valence-corrected chi connectivity index (χ2v) is 5.63. The average molecular weight is 279 g/mol. The van der Waals surface area contributed by atoms with Crippen molar-refractivity contribution < 1.29 is 14.4 Å². The van der Waals surface area contributed by atoms with Crippen LogP contribution in [0, 0.1) is 17.2 Å². The number of nitriles is 1. The molecule has 1 aromatic rings. The van der Waals surface area contributed by atoms with Gasteiger partial charge in [-0.3, -0.25) is 0 Å². The van der Waals surface area contributed by atoms with Gasteiger partial charge in [0.15, 0.2) is 0 Å². The van der Waals surface area contributed by atoms with Crippen molar-refractivity contribution in [1.82, 2.24) is 10.1 Å². The highest BCUT2D eigenvalue weighted by atomic mass is 16.5. The van der Waals surface area contributed by atoms with Crippen LogP contribution in [0.5, 0.6) is 0 Å². The van der Waals surface area contributed by atoms with E-state index >= 15 is 0 Å². The maximum atomic E-state index is 9.60. The number of rotatable bonds is 5. The van der Waals surface area contributed by atoms with Crippen molar-refractivity contribution in [2.24, 2.45) is 5.92 Å². The summed E-state index contributed by atoms with van der Waals surface area (Å²) in [4.78, 5) is 4.36. The molecule has 1 aliphatic rings. The van der Waals surface area contributed by atoms with Crippen LogP contribution in [0.3, 0.4) is 0 Å². The van der Waals surface area contributed by atoms with E-state index in [-0.39, 0.29) is 12.8 Å². The summed E-state index contributed by atoms with van der Waals surface area (Å²) in [5.74, 6) is 1.48. The second kappa shape index (κ2) is 6.33. The molecule has 1 heterocycles. The second-order valence-electron chi connectivity index (χ2n) is 5.63. The van der Waals surface area contributed by atoms with Gasteiger partial charge in [-0.05, 0) is 25.2 Å². The Morgan fingerprint density at radius 1 is 1.65 bits per heavy atom. The highest BCUT2D eigenvalue weighted by Gasteiger charge is 2.40. The lowest BCUT2D eigenvalue weighted by Crippen LogP contribution is -2.35. The Hall–Kier alpha value is -1.45. The lowest BCUT2D eigenvalue weighted by molar-refractivity contribution is -0.0658. The zero-order valence-electron chi connectivity index (χ0n) is 12.0. The number of aliphatic hydroxyl groups excluding tert-OH is 1. The summed E-state index contributed by atoms with van der Waals surface area (Å²) in [6.45, 7) is 2.20. The Kier molecular flexibility index (Phi) is 4.73. The lowest BCUT2D eigenvalue weighted by atomic mass is 9.78. The molecule has 0 aliphatic heterocycles. The smallest absolute Gasteiger partial charge is 0.229 e. The van der Waals surface area contributed by atoms with Gasteiger partial charge in [0.05, 0.1) is 25.0 Å². The van der Waals surface area contributed by atoms with Crippen LogP contribution < -0.4 is 0 Å². The molecule has 6 heteroatoms. The summed E-state index contributed by atoms with van der Waals surface area (Å²) >= 11 is 0. The third-order valence-corrected chi connectivity index (χ3v) is 3.96. The predicted octanol–water partition coefficient (Wildman–Crippen LogP) is 1.94. The maximum Gasteiger partial charge on any atom is 0.229 e. The van der Waals surface area contributed by atoms with Crippen LogP contribution in [-0.2, 0) is 16.8 Å². The number of aliphatic hydroxyl groups is 1. The van der Waals surface area contributed by atoms with Gasteiger partial charge in [-0.25, -0.2) is 0 Å². The van der Waals surface area contributed by atoms with Gasteiger partial charge >= 0.3 is 0 Å². The van der Waals surface area contributed by atoms with E-state index in [2.05, 4.69) is 17.1 Å². The number of ether oxygens (including phenoxy) is 1. The van der Waals surface area contributed by atoms with E-state index in [1.165, 1.54) is 6.42 Å². The van der Waals surface area contributed by atoms with Crippen LogP contribution >= 0.6 is 0 Å². The van der Waals surface area contributed by atoms with Gasteiger partial charge < -0.3 is 14.4 Å². The Labute approximate surface area is 118 Å². The molecule has 110 valence electrons. The Morgan fingerprint density at radius 2 is 2.45 bits per heavy atom. The van der Waals surface area contributed by atoms with Gasteiger partial charge in [0, 0.05) is 7.11 Å². The van der Waals surface area contributed by atoms with Gasteiger partial charge in [0.1, 0.15) is 5.60 Å². The molecule has 1 aliphatic carbocycles. The molecule has 0 spiro atoms. The van der Waals surface area contributed by atoms with Crippen LogP contribution in [0.4, 0.5) is 0 Å². The molecule has 0 bridgehead atoms. The van der Waals surface area contributed by atoms with Gasteiger partial charge in [0.25, 0.3) is 0 Å². The molecule has 20 heavy (non-hydrogen) atoms. The fraction of sp³-hybridized carbons (Fsp3) is 0.786. The minimum absolute atomic E-state index is 0.0597. The maximum absolute atomic E-state index is 9.60. The van der Waals surface area contributed by atoms with E-state index in [4.69, 9.17) is 14.5 Å². The van der Waals surface area contributed by atoms with Crippen molar-refractivity contribution in [2.45, 2.75) is 57.2 Å². The largest absolute Gasteiger partial charge is 0.392 e. The van der Waals surface area contributed by atoms with E-state index < -0.39 is 11.7 Å². The Bertz CT molecular complexity index is 482. The van der Waals surface area contributed by atoms with Gasteiger partial charge in [0.2, 0.25) is 11.7 Å². The third kappa shape index (κ3) is 3.17. The molecule has 0 saturated heterocycles. The normalized spacial score (nSPS) is 28.0. The van der Waals surface area contributed by atoms with Gasteiger partial charge in [-0.1, -0.05) is 18.5 Å². The van der Waals surface area contributed by atoms with Crippen molar-refractivity contribution >= 4 is 0 Å². The van der Waals surface area contributed by atoms with Crippen LogP contribution in [0.25, 0.3) is 0 Å². The van der Waals surface area contributed by atoms with Crippen LogP contribution in [0.15, 0.2) is 4.52 Å². The highest BCUT2D eigenvalue weighted by molar-refractivity contribution is 5.04. The fourth-order valence-corrected chi connectivity index (χ4v) is 2.88. The van der Waals surface area contributed by atoms with Crippen LogP contribution in [0.1, 0.15) is 50.7 Å². The number of hydrogen-bond acceptors (Lipinski definition) is 6. The first-order valence-corrected chi connectivity index (χ1v) is 7.03. The third-order valence-electron chi connectivity index (χ3n) is 3.96. The number of nitrogens with zero attached hydrogens (tertiary/aromatic N) is 3. The SMILES string of the molecule is COC1(c2noc(CC(O)CC#N)n2)CCCC(C)C1. The summed E-state index contributed by atoms with van der Waals surface area (Å²) < 4.78 is 10.9.